The van der Waals surface area contributed by atoms with Crippen molar-refractivity contribution in [2.24, 2.45) is 0 Å². The van der Waals surface area contributed by atoms with Crippen molar-refractivity contribution in [3.05, 3.63) is 54.6 Å². The van der Waals surface area contributed by atoms with Crippen LogP contribution in [0.15, 0.2) is 54.6 Å². The summed E-state index contributed by atoms with van der Waals surface area (Å²) in [7, 11) is 1.81. The quantitative estimate of drug-likeness (QED) is 0.867. The number of carbonyl (C=O) groups is 1. The lowest BCUT2D eigenvalue weighted by Gasteiger charge is -2.31. The average Bonchev–Trinajstić information content (AvgIpc) is 2.55. The number of likely N-dealkylation sites (N-methyl/N-ethyl adjacent to an activating group) is 1. The molecule has 1 aliphatic rings. The molecule has 0 bridgehead atoms. The van der Waals surface area contributed by atoms with Crippen molar-refractivity contribution in [3.63, 3.8) is 0 Å². The summed E-state index contributed by atoms with van der Waals surface area (Å²) in [6, 6.07) is 17.5. The summed E-state index contributed by atoms with van der Waals surface area (Å²) < 4.78 is 5.61. The number of benzene rings is 2. The van der Waals surface area contributed by atoms with Crippen molar-refractivity contribution >= 4 is 17.3 Å². The van der Waals surface area contributed by atoms with Gasteiger partial charge in [-0.2, -0.15) is 0 Å². The third-order valence-corrected chi connectivity index (χ3v) is 3.67. The van der Waals surface area contributed by atoms with Crippen LogP contribution in [0, 0.1) is 0 Å². The van der Waals surface area contributed by atoms with Crippen LogP contribution in [0.5, 0.6) is 5.75 Å². The lowest BCUT2D eigenvalue weighted by atomic mass is 10.2. The standard InChI is InChI=1S/C17H18N2O2/c1-18(14-7-3-2-4-8-14)17(20)13-19-11-12-21-16-10-6-5-9-15(16)19/h2-10H,11-13H2,1H3. The van der Waals surface area contributed by atoms with Crippen molar-refractivity contribution < 1.29 is 9.53 Å². The fraction of sp³-hybridized carbons (Fsp3) is 0.235. The minimum atomic E-state index is 0.0675. The molecule has 0 atom stereocenters. The van der Waals surface area contributed by atoms with Gasteiger partial charge >= 0.3 is 0 Å². The number of hydrogen-bond donors (Lipinski definition) is 0. The van der Waals surface area contributed by atoms with Crippen molar-refractivity contribution in [1.29, 1.82) is 0 Å². The van der Waals surface area contributed by atoms with E-state index in [1.54, 1.807) is 4.90 Å². The monoisotopic (exact) mass is 282 g/mol. The van der Waals surface area contributed by atoms with Crippen LogP contribution >= 0.6 is 0 Å². The second kappa shape index (κ2) is 5.87. The molecule has 4 nitrogen and oxygen atoms in total. The Hall–Kier alpha value is -2.49. The summed E-state index contributed by atoms with van der Waals surface area (Å²) in [5, 5.41) is 0. The number of para-hydroxylation sites is 3. The summed E-state index contributed by atoms with van der Waals surface area (Å²) in [6.45, 7) is 1.69. The molecule has 0 aliphatic carbocycles. The highest BCUT2D eigenvalue weighted by atomic mass is 16.5. The van der Waals surface area contributed by atoms with Crippen LogP contribution in [0.3, 0.4) is 0 Å². The summed E-state index contributed by atoms with van der Waals surface area (Å²) >= 11 is 0. The second-order valence-electron chi connectivity index (χ2n) is 5.03. The first kappa shape index (κ1) is 13.5. The zero-order valence-corrected chi connectivity index (χ0v) is 12.0. The Labute approximate surface area is 124 Å². The van der Waals surface area contributed by atoms with Gasteiger partial charge in [-0.25, -0.2) is 0 Å². The van der Waals surface area contributed by atoms with Crippen LogP contribution in [-0.4, -0.2) is 32.7 Å². The molecular formula is C17H18N2O2. The third kappa shape index (κ3) is 2.84. The van der Waals surface area contributed by atoms with Gasteiger partial charge in [0, 0.05) is 12.7 Å². The van der Waals surface area contributed by atoms with Gasteiger partial charge < -0.3 is 14.5 Å². The summed E-state index contributed by atoms with van der Waals surface area (Å²) in [6.07, 6.45) is 0. The molecule has 0 saturated heterocycles. The van der Waals surface area contributed by atoms with E-state index in [2.05, 4.69) is 4.90 Å². The van der Waals surface area contributed by atoms with E-state index in [0.717, 1.165) is 23.7 Å². The molecule has 1 heterocycles. The van der Waals surface area contributed by atoms with Gasteiger partial charge in [0.05, 0.1) is 18.8 Å². The maximum atomic E-state index is 12.5. The Balaban J connectivity index is 1.74. The number of amides is 1. The zero-order chi connectivity index (χ0) is 14.7. The third-order valence-electron chi connectivity index (χ3n) is 3.67. The lowest BCUT2D eigenvalue weighted by Crippen LogP contribution is -2.42. The number of rotatable bonds is 3. The molecule has 1 aliphatic heterocycles. The number of anilines is 2. The van der Waals surface area contributed by atoms with Crippen molar-refractivity contribution in [2.75, 3.05) is 36.5 Å². The fourth-order valence-corrected chi connectivity index (χ4v) is 2.46. The first-order valence-electron chi connectivity index (χ1n) is 7.04. The highest BCUT2D eigenvalue weighted by molar-refractivity contribution is 5.96. The number of ether oxygens (including phenoxy) is 1. The maximum absolute atomic E-state index is 12.5. The molecule has 108 valence electrons. The molecule has 21 heavy (non-hydrogen) atoms. The molecule has 1 amide bonds. The molecule has 0 fully saturated rings. The largest absolute Gasteiger partial charge is 0.490 e. The highest BCUT2D eigenvalue weighted by Crippen LogP contribution is 2.30. The molecule has 3 rings (SSSR count). The van der Waals surface area contributed by atoms with Crippen molar-refractivity contribution in [1.82, 2.24) is 0 Å². The molecule has 0 N–H and O–H groups in total. The average molecular weight is 282 g/mol. The van der Waals surface area contributed by atoms with Gasteiger partial charge in [0.15, 0.2) is 0 Å². The van der Waals surface area contributed by atoms with Gasteiger partial charge in [-0.05, 0) is 24.3 Å². The Morgan fingerprint density at radius 3 is 2.67 bits per heavy atom. The molecule has 0 unspecified atom stereocenters. The molecule has 0 spiro atoms. The summed E-state index contributed by atoms with van der Waals surface area (Å²) in [5.41, 5.74) is 1.89. The molecule has 4 heteroatoms. The van der Waals surface area contributed by atoms with Crippen molar-refractivity contribution in [2.45, 2.75) is 0 Å². The molecule has 0 aromatic heterocycles. The van der Waals surface area contributed by atoms with Crippen LogP contribution < -0.4 is 14.5 Å². The van der Waals surface area contributed by atoms with E-state index in [1.807, 2.05) is 61.6 Å². The highest BCUT2D eigenvalue weighted by Gasteiger charge is 2.21. The van der Waals surface area contributed by atoms with E-state index in [4.69, 9.17) is 4.74 Å². The number of carbonyl (C=O) groups excluding carboxylic acids is 1. The van der Waals surface area contributed by atoms with Crippen LogP contribution in [0.4, 0.5) is 11.4 Å². The first-order valence-corrected chi connectivity index (χ1v) is 7.04. The number of hydrogen-bond acceptors (Lipinski definition) is 3. The van der Waals surface area contributed by atoms with E-state index in [0.29, 0.717) is 13.2 Å². The summed E-state index contributed by atoms with van der Waals surface area (Å²) in [5.74, 6) is 0.914. The maximum Gasteiger partial charge on any atom is 0.246 e. The molecular weight excluding hydrogens is 264 g/mol. The Morgan fingerprint density at radius 2 is 1.86 bits per heavy atom. The van der Waals surface area contributed by atoms with Crippen LogP contribution in [-0.2, 0) is 4.79 Å². The predicted molar refractivity (Wildman–Crippen MR) is 84.0 cm³/mol. The Kier molecular flexibility index (Phi) is 3.77. The van der Waals surface area contributed by atoms with Gasteiger partial charge in [0.25, 0.3) is 0 Å². The summed E-state index contributed by atoms with van der Waals surface area (Å²) in [4.78, 5) is 16.2. The van der Waals surface area contributed by atoms with Crippen LogP contribution in [0.2, 0.25) is 0 Å². The second-order valence-corrected chi connectivity index (χ2v) is 5.03. The fourth-order valence-electron chi connectivity index (χ4n) is 2.46. The van der Waals surface area contributed by atoms with Crippen LogP contribution in [0.1, 0.15) is 0 Å². The van der Waals surface area contributed by atoms with Crippen LogP contribution in [0.25, 0.3) is 0 Å². The zero-order valence-electron chi connectivity index (χ0n) is 12.0. The Morgan fingerprint density at radius 1 is 1.14 bits per heavy atom. The van der Waals surface area contributed by atoms with E-state index < -0.39 is 0 Å². The minimum absolute atomic E-state index is 0.0675. The van der Waals surface area contributed by atoms with E-state index >= 15 is 0 Å². The number of fused-ring (bicyclic) bond motifs is 1. The van der Waals surface area contributed by atoms with Gasteiger partial charge in [-0.1, -0.05) is 30.3 Å². The van der Waals surface area contributed by atoms with E-state index in [1.165, 1.54) is 0 Å². The van der Waals surface area contributed by atoms with Gasteiger partial charge in [0.2, 0.25) is 5.91 Å². The molecule has 2 aromatic carbocycles. The molecule has 2 aromatic rings. The van der Waals surface area contributed by atoms with Gasteiger partial charge in [0.1, 0.15) is 12.4 Å². The first-order chi connectivity index (χ1) is 10.3. The topological polar surface area (TPSA) is 32.8 Å². The van der Waals surface area contributed by atoms with Gasteiger partial charge in [-0.3, -0.25) is 4.79 Å². The molecule has 0 radical (unpaired) electrons. The predicted octanol–water partition coefficient (Wildman–Crippen LogP) is 2.55. The molecule has 0 saturated carbocycles. The SMILES string of the molecule is CN(C(=O)CN1CCOc2ccccc21)c1ccccc1. The Bertz CT molecular complexity index is 628. The minimum Gasteiger partial charge on any atom is -0.490 e. The van der Waals surface area contributed by atoms with E-state index in [9.17, 15) is 4.79 Å². The van der Waals surface area contributed by atoms with E-state index in [-0.39, 0.29) is 5.91 Å². The normalized spacial score (nSPS) is 13.3. The van der Waals surface area contributed by atoms with Crippen molar-refractivity contribution in [3.8, 4) is 5.75 Å². The smallest absolute Gasteiger partial charge is 0.246 e. The van der Waals surface area contributed by atoms with Gasteiger partial charge in [-0.15, -0.1) is 0 Å². The number of nitrogens with zero attached hydrogens (tertiary/aromatic N) is 2. The lowest BCUT2D eigenvalue weighted by molar-refractivity contribution is -0.117.